The van der Waals surface area contributed by atoms with E-state index in [1.807, 2.05) is 18.3 Å². The maximum Gasteiger partial charge on any atom is 0.138 e. The van der Waals surface area contributed by atoms with E-state index in [2.05, 4.69) is 22.1 Å². The minimum Gasteiger partial charge on any atom is -0.497 e. The van der Waals surface area contributed by atoms with Crippen LogP contribution in [-0.4, -0.2) is 35.9 Å². The molecule has 2 aromatic rings. The van der Waals surface area contributed by atoms with Gasteiger partial charge in [-0.05, 0) is 12.1 Å². The third kappa shape index (κ3) is 4.90. The molecule has 1 aromatic carbocycles. The molecule has 1 aliphatic heterocycles. The van der Waals surface area contributed by atoms with E-state index in [0.29, 0.717) is 23.1 Å². The van der Waals surface area contributed by atoms with E-state index < -0.39 is 0 Å². The lowest BCUT2D eigenvalue weighted by Crippen LogP contribution is -2.17. The predicted molar refractivity (Wildman–Crippen MR) is 95.5 cm³/mol. The summed E-state index contributed by atoms with van der Waals surface area (Å²) in [5.74, 6) is 2.30. The summed E-state index contributed by atoms with van der Waals surface area (Å²) in [7, 11) is 1.61. The maximum absolute atomic E-state index is 6.15. The molecule has 24 heavy (non-hydrogen) atoms. The number of aromatic amines is 1. The molecule has 0 radical (unpaired) electrons. The Morgan fingerprint density at radius 1 is 1.29 bits per heavy atom. The molecular weight excluding hydrogens is 351 g/mol. The highest BCUT2D eigenvalue weighted by Crippen LogP contribution is 2.29. The molecule has 3 rings (SSSR count). The Kier molecular flexibility index (Phi) is 6.97. The number of benzene rings is 1. The van der Waals surface area contributed by atoms with Gasteiger partial charge < -0.3 is 19.2 Å². The molecule has 0 aliphatic carbocycles. The van der Waals surface area contributed by atoms with E-state index in [1.165, 1.54) is 0 Å². The second kappa shape index (κ2) is 8.97. The SMILES string of the molecule is COc1ccc(OCC[C@H]2C=C[C@H](Cc3ncc[nH]3)O2)c(Cl)c1.Cl. The highest BCUT2D eigenvalue weighted by Gasteiger charge is 2.20. The number of hydrogen-bond donors (Lipinski definition) is 1. The number of nitrogens with one attached hydrogen (secondary N) is 1. The average molecular weight is 371 g/mol. The van der Waals surface area contributed by atoms with Crippen LogP contribution in [0.4, 0.5) is 0 Å². The molecule has 0 saturated heterocycles. The number of hydrogen-bond acceptors (Lipinski definition) is 4. The molecule has 5 nitrogen and oxygen atoms in total. The molecule has 0 unspecified atom stereocenters. The standard InChI is InChI=1S/C17H19ClN2O3.ClH/c1-21-13-4-5-16(15(18)10-13)22-9-6-12-2-3-14(23-12)11-17-19-7-8-20-17;/h2-5,7-8,10,12,14H,6,9,11H2,1H3,(H,19,20);1H/t12-,14-;/m1./s1. The number of imidazole rings is 1. The molecule has 1 aromatic heterocycles. The number of aromatic nitrogens is 2. The molecule has 130 valence electrons. The first-order valence-electron chi connectivity index (χ1n) is 7.53. The number of halogens is 2. The van der Waals surface area contributed by atoms with Gasteiger partial charge in [0.25, 0.3) is 0 Å². The molecule has 2 atom stereocenters. The van der Waals surface area contributed by atoms with Crippen molar-refractivity contribution in [2.24, 2.45) is 0 Å². The highest BCUT2D eigenvalue weighted by molar-refractivity contribution is 6.32. The van der Waals surface area contributed by atoms with Crippen LogP contribution in [0.3, 0.4) is 0 Å². The van der Waals surface area contributed by atoms with E-state index in [1.54, 1.807) is 19.4 Å². The highest BCUT2D eigenvalue weighted by atomic mass is 35.5. The van der Waals surface area contributed by atoms with Gasteiger partial charge in [-0.15, -0.1) is 12.4 Å². The molecule has 0 bridgehead atoms. The Bertz CT molecular complexity index is 662. The monoisotopic (exact) mass is 370 g/mol. The minimum absolute atomic E-state index is 0. The molecule has 1 aliphatic rings. The van der Waals surface area contributed by atoms with Crippen LogP contribution in [0.25, 0.3) is 0 Å². The van der Waals surface area contributed by atoms with Gasteiger partial charge in [0.05, 0.1) is 30.9 Å². The first kappa shape index (κ1) is 18.6. The van der Waals surface area contributed by atoms with Crippen molar-refractivity contribution in [3.8, 4) is 11.5 Å². The summed E-state index contributed by atoms with van der Waals surface area (Å²) < 4.78 is 16.8. The number of methoxy groups -OCH3 is 1. The fourth-order valence-electron chi connectivity index (χ4n) is 2.45. The van der Waals surface area contributed by atoms with Crippen LogP contribution in [0.15, 0.2) is 42.7 Å². The maximum atomic E-state index is 6.15. The summed E-state index contributed by atoms with van der Waals surface area (Å²) >= 11 is 6.15. The molecule has 0 spiro atoms. The van der Waals surface area contributed by atoms with Crippen molar-refractivity contribution in [3.05, 3.63) is 53.6 Å². The van der Waals surface area contributed by atoms with Crippen LogP contribution >= 0.6 is 24.0 Å². The van der Waals surface area contributed by atoms with Crippen molar-refractivity contribution in [2.75, 3.05) is 13.7 Å². The van der Waals surface area contributed by atoms with Gasteiger partial charge in [0, 0.05) is 31.3 Å². The second-order valence-corrected chi connectivity index (χ2v) is 5.68. The third-order valence-corrected chi connectivity index (χ3v) is 3.93. The zero-order valence-corrected chi connectivity index (χ0v) is 14.8. The Morgan fingerprint density at radius 2 is 2.12 bits per heavy atom. The molecule has 7 heteroatoms. The lowest BCUT2D eigenvalue weighted by atomic mass is 10.2. The predicted octanol–water partition coefficient (Wildman–Crippen LogP) is 3.83. The third-order valence-electron chi connectivity index (χ3n) is 3.64. The minimum atomic E-state index is 0. The summed E-state index contributed by atoms with van der Waals surface area (Å²) in [5, 5.41) is 0.544. The molecule has 0 amide bonds. The van der Waals surface area contributed by atoms with Crippen molar-refractivity contribution < 1.29 is 14.2 Å². The second-order valence-electron chi connectivity index (χ2n) is 5.27. The lowest BCUT2D eigenvalue weighted by Gasteiger charge is -2.14. The average Bonchev–Trinajstić information content (AvgIpc) is 3.21. The van der Waals surface area contributed by atoms with Crippen molar-refractivity contribution in [1.29, 1.82) is 0 Å². The van der Waals surface area contributed by atoms with Gasteiger partial charge in [-0.3, -0.25) is 0 Å². The van der Waals surface area contributed by atoms with E-state index in [0.717, 1.165) is 18.7 Å². The number of ether oxygens (including phenoxy) is 3. The fourth-order valence-corrected chi connectivity index (χ4v) is 2.68. The van der Waals surface area contributed by atoms with Gasteiger partial charge in [0.2, 0.25) is 0 Å². The molecule has 2 heterocycles. The summed E-state index contributed by atoms with van der Waals surface area (Å²) in [6.07, 6.45) is 9.37. The van der Waals surface area contributed by atoms with E-state index in [4.69, 9.17) is 25.8 Å². The smallest absolute Gasteiger partial charge is 0.138 e. The van der Waals surface area contributed by atoms with Gasteiger partial charge >= 0.3 is 0 Å². The van der Waals surface area contributed by atoms with Crippen LogP contribution in [0.5, 0.6) is 11.5 Å². The van der Waals surface area contributed by atoms with Gasteiger partial charge in [0.1, 0.15) is 17.3 Å². The Balaban J connectivity index is 0.00000208. The Hall–Kier alpha value is -1.69. The van der Waals surface area contributed by atoms with Crippen molar-refractivity contribution in [1.82, 2.24) is 9.97 Å². The number of rotatable bonds is 7. The van der Waals surface area contributed by atoms with Crippen molar-refractivity contribution in [2.45, 2.75) is 25.0 Å². The largest absolute Gasteiger partial charge is 0.497 e. The summed E-state index contributed by atoms with van der Waals surface area (Å²) in [4.78, 5) is 7.30. The van der Waals surface area contributed by atoms with E-state index in [-0.39, 0.29) is 24.6 Å². The van der Waals surface area contributed by atoms with Gasteiger partial charge in [-0.2, -0.15) is 0 Å². The van der Waals surface area contributed by atoms with Crippen LogP contribution in [0.1, 0.15) is 12.2 Å². The fraction of sp³-hybridized carbons (Fsp3) is 0.353. The van der Waals surface area contributed by atoms with Crippen molar-refractivity contribution in [3.63, 3.8) is 0 Å². The Morgan fingerprint density at radius 3 is 2.83 bits per heavy atom. The number of nitrogens with zero attached hydrogens (tertiary/aromatic N) is 1. The van der Waals surface area contributed by atoms with Crippen LogP contribution in [0.2, 0.25) is 5.02 Å². The van der Waals surface area contributed by atoms with Gasteiger partial charge in [-0.1, -0.05) is 23.8 Å². The molecule has 0 fully saturated rings. The van der Waals surface area contributed by atoms with E-state index in [9.17, 15) is 0 Å². The van der Waals surface area contributed by atoms with Gasteiger partial charge in [-0.25, -0.2) is 4.98 Å². The van der Waals surface area contributed by atoms with Crippen molar-refractivity contribution >= 4 is 24.0 Å². The van der Waals surface area contributed by atoms with Gasteiger partial charge in [0.15, 0.2) is 0 Å². The molecule has 1 N–H and O–H groups in total. The zero-order valence-electron chi connectivity index (χ0n) is 13.3. The topological polar surface area (TPSA) is 56.4 Å². The Labute approximate surface area is 152 Å². The van der Waals surface area contributed by atoms with Crippen LogP contribution in [-0.2, 0) is 11.2 Å². The summed E-state index contributed by atoms with van der Waals surface area (Å²) in [5.41, 5.74) is 0. The lowest BCUT2D eigenvalue weighted by molar-refractivity contribution is 0.0475. The zero-order chi connectivity index (χ0) is 16.1. The normalized spacial score (nSPS) is 19.1. The quantitative estimate of drug-likeness (QED) is 0.752. The number of H-pyrrole nitrogens is 1. The first-order valence-corrected chi connectivity index (χ1v) is 7.91. The molecular formula is C17H20Cl2N2O3. The first-order chi connectivity index (χ1) is 11.2. The summed E-state index contributed by atoms with van der Waals surface area (Å²) in [6.45, 7) is 0.536. The van der Waals surface area contributed by atoms with Crippen LogP contribution in [0, 0.1) is 0 Å². The van der Waals surface area contributed by atoms with E-state index >= 15 is 0 Å². The van der Waals surface area contributed by atoms with Crippen LogP contribution < -0.4 is 9.47 Å². The summed E-state index contributed by atoms with van der Waals surface area (Å²) in [6, 6.07) is 5.38. The molecule has 0 saturated carbocycles.